The topological polar surface area (TPSA) is 20.2 Å². The van der Waals surface area contributed by atoms with Gasteiger partial charge < -0.3 is 5.11 Å². The van der Waals surface area contributed by atoms with Crippen molar-refractivity contribution < 1.29 is 5.11 Å². The van der Waals surface area contributed by atoms with Gasteiger partial charge in [-0.15, -0.1) is 0 Å². The molecule has 3 rings (SSSR count). The van der Waals surface area contributed by atoms with E-state index in [9.17, 15) is 5.11 Å². The van der Waals surface area contributed by atoms with Crippen molar-refractivity contribution >= 4 is 0 Å². The Kier molecular flexibility index (Phi) is 0.722. The first kappa shape index (κ1) is 5.59. The quantitative estimate of drug-likeness (QED) is 0.584. The van der Waals surface area contributed by atoms with Crippen molar-refractivity contribution in [3.05, 3.63) is 0 Å². The highest BCUT2D eigenvalue weighted by Crippen LogP contribution is 2.82. The van der Waals surface area contributed by atoms with Crippen LogP contribution in [0.5, 0.6) is 0 Å². The van der Waals surface area contributed by atoms with Gasteiger partial charge in [-0.25, -0.2) is 0 Å². The number of hydrogen-bond acceptors (Lipinski definition) is 1. The van der Waals surface area contributed by atoms with Crippen LogP contribution in [0.15, 0.2) is 0 Å². The zero-order valence-electron chi connectivity index (χ0n) is 6.27. The maximum atomic E-state index is 10.1. The Labute approximate surface area is 61.4 Å². The van der Waals surface area contributed by atoms with Crippen LogP contribution in [0.2, 0.25) is 0 Å². The van der Waals surface area contributed by atoms with Gasteiger partial charge in [-0.05, 0) is 31.6 Å². The van der Waals surface area contributed by atoms with Crippen LogP contribution in [0.4, 0.5) is 0 Å². The van der Waals surface area contributed by atoms with Gasteiger partial charge in [-0.1, -0.05) is 12.8 Å². The summed E-state index contributed by atoms with van der Waals surface area (Å²) in [5, 5.41) is 10.1. The van der Waals surface area contributed by atoms with Crippen LogP contribution in [-0.4, -0.2) is 10.7 Å². The third-order valence-corrected chi connectivity index (χ3v) is 4.04. The average molecular weight is 138 g/mol. The molecule has 0 radical (unpaired) electrons. The highest BCUT2D eigenvalue weighted by Gasteiger charge is 2.78. The van der Waals surface area contributed by atoms with Crippen LogP contribution in [0.25, 0.3) is 0 Å². The molecule has 1 N–H and O–H groups in total. The summed E-state index contributed by atoms with van der Waals surface area (Å²) in [4.78, 5) is 0. The fraction of sp³-hybridized carbons (Fsp3) is 1.00. The second-order valence-corrected chi connectivity index (χ2v) is 4.50. The van der Waals surface area contributed by atoms with E-state index in [1.165, 1.54) is 25.7 Å². The zero-order chi connectivity index (χ0) is 6.82. The van der Waals surface area contributed by atoms with E-state index >= 15 is 0 Å². The summed E-state index contributed by atoms with van der Waals surface area (Å²) >= 11 is 0. The maximum absolute atomic E-state index is 10.1. The second kappa shape index (κ2) is 1.29. The summed E-state index contributed by atoms with van der Waals surface area (Å²) in [7, 11) is 0. The number of rotatable bonds is 1. The lowest BCUT2D eigenvalue weighted by atomic mass is 9.89. The first-order valence-corrected chi connectivity index (χ1v) is 4.49. The zero-order valence-corrected chi connectivity index (χ0v) is 6.27. The van der Waals surface area contributed by atoms with E-state index in [-0.39, 0.29) is 5.60 Å². The molecule has 0 amide bonds. The van der Waals surface area contributed by atoms with E-state index in [1.807, 2.05) is 0 Å². The van der Waals surface area contributed by atoms with E-state index in [0.29, 0.717) is 5.41 Å². The van der Waals surface area contributed by atoms with Crippen molar-refractivity contribution in [2.24, 2.45) is 11.3 Å². The first-order chi connectivity index (χ1) is 4.77. The largest absolute Gasteiger partial charge is 0.389 e. The van der Waals surface area contributed by atoms with Crippen LogP contribution in [0.1, 0.15) is 38.5 Å². The van der Waals surface area contributed by atoms with Crippen LogP contribution < -0.4 is 0 Å². The van der Waals surface area contributed by atoms with E-state index in [4.69, 9.17) is 0 Å². The number of hydrogen-bond donors (Lipinski definition) is 1. The van der Waals surface area contributed by atoms with Crippen molar-refractivity contribution in [1.29, 1.82) is 0 Å². The molecule has 0 aromatic heterocycles. The Morgan fingerprint density at radius 2 is 1.60 bits per heavy atom. The number of fused-ring (bicyclic) bond motifs is 1. The Morgan fingerprint density at radius 3 is 2.00 bits per heavy atom. The van der Waals surface area contributed by atoms with Crippen molar-refractivity contribution in [3.8, 4) is 0 Å². The predicted molar refractivity (Wildman–Crippen MR) is 38.6 cm³/mol. The summed E-state index contributed by atoms with van der Waals surface area (Å²) in [6.07, 6.45) is 7.44. The SMILES string of the molecule is OC1(C23CC2C3)CCCC1. The average Bonchev–Trinajstić information content (AvgIpc) is 2.65. The van der Waals surface area contributed by atoms with E-state index in [0.717, 1.165) is 18.8 Å². The van der Waals surface area contributed by atoms with Crippen LogP contribution in [0.3, 0.4) is 0 Å². The fourth-order valence-corrected chi connectivity index (χ4v) is 2.92. The molecule has 1 heteroatoms. The Balaban J connectivity index is 1.88. The molecule has 56 valence electrons. The smallest absolute Gasteiger partial charge is 0.0706 e. The van der Waals surface area contributed by atoms with Gasteiger partial charge in [0.05, 0.1) is 5.60 Å². The molecule has 3 aliphatic rings. The molecule has 0 atom stereocenters. The minimum Gasteiger partial charge on any atom is -0.389 e. The minimum absolute atomic E-state index is 0.183. The standard InChI is InChI=1S/C9H14O/c10-9(3-1-2-4-9)8-5-7(8)6-8/h7,10H,1-6H2. The molecular weight excluding hydrogens is 124 g/mol. The molecule has 0 saturated heterocycles. The monoisotopic (exact) mass is 138 g/mol. The lowest BCUT2D eigenvalue weighted by Crippen LogP contribution is -2.31. The summed E-state index contributed by atoms with van der Waals surface area (Å²) in [6.45, 7) is 0. The van der Waals surface area contributed by atoms with Gasteiger partial charge >= 0.3 is 0 Å². The highest BCUT2D eigenvalue weighted by molar-refractivity contribution is 5.27. The molecule has 0 heterocycles. The molecule has 3 fully saturated rings. The summed E-state index contributed by atoms with van der Waals surface area (Å²) in [5.74, 6) is 0.954. The van der Waals surface area contributed by atoms with Crippen LogP contribution in [-0.2, 0) is 0 Å². The third kappa shape index (κ3) is 0.430. The molecule has 0 spiro atoms. The van der Waals surface area contributed by atoms with E-state index in [1.54, 1.807) is 0 Å². The Bertz CT molecular complexity index is 173. The van der Waals surface area contributed by atoms with Crippen molar-refractivity contribution in [2.75, 3.05) is 0 Å². The summed E-state index contributed by atoms with van der Waals surface area (Å²) in [5.41, 5.74) is 0.307. The maximum Gasteiger partial charge on any atom is 0.0706 e. The lowest BCUT2D eigenvalue weighted by molar-refractivity contribution is -0.000715. The molecule has 0 unspecified atom stereocenters. The molecule has 1 nitrogen and oxygen atoms in total. The fourth-order valence-electron chi connectivity index (χ4n) is 2.92. The molecule has 0 aromatic rings. The molecule has 3 aliphatic carbocycles. The molecule has 0 aromatic carbocycles. The van der Waals surface area contributed by atoms with Crippen molar-refractivity contribution in [3.63, 3.8) is 0 Å². The summed E-state index contributed by atoms with van der Waals surface area (Å²) < 4.78 is 0. The van der Waals surface area contributed by atoms with Gasteiger partial charge in [-0.2, -0.15) is 0 Å². The molecule has 3 saturated carbocycles. The van der Waals surface area contributed by atoms with Crippen molar-refractivity contribution in [1.82, 2.24) is 0 Å². The molecule has 10 heavy (non-hydrogen) atoms. The molecule has 0 aliphatic heterocycles. The normalized spacial score (nSPS) is 54.3. The summed E-state index contributed by atoms with van der Waals surface area (Å²) in [6, 6.07) is 0. The Hall–Kier alpha value is -0.0400. The molecule has 0 bridgehead atoms. The third-order valence-electron chi connectivity index (χ3n) is 4.04. The van der Waals surface area contributed by atoms with Gasteiger partial charge in [0, 0.05) is 5.41 Å². The Morgan fingerprint density at radius 1 is 1.10 bits per heavy atom. The second-order valence-electron chi connectivity index (χ2n) is 4.50. The van der Waals surface area contributed by atoms with Gasteiger partial charge in [0.15, 0.2) is 0 Å². The highest BCUT2D eigenvalue weighted by atomic mass is 16.3. The minimum atomic E-state index is -0.183. The van der Waals surface area contributed by atoms with Crippen LogP contribution >= 0.6 is 0 Å². The van der Waals surface area contributed by atoms with Gasteiger partial charge in [-0.3, -0.25) is 0 Å². The van der Waals surface area contributed by atoms with Crippen molar-refractivity contribution in [2.45, 2.75) is 44.1 Å². The van der Waals surface area contributed by atoms with Gasteiger partial charge in [0.25, 0.3) is 0 Å². The molecular formula is C9H14O. The van der Waals surface area contributed by atoms with Gasteiger partial charge in [0.1, 0.15) is 0 Å². The lowest BCUT2D eigenvalue weighted by Gasteiger charge is -2.25. The number of aliphatic hydroxyl groups is 1. The predicted octanol–water partition coefficient (Wildman–Crippen LogP) is 1.70. The van der Waals surface area contributed by atoms with E-state index in [2.05, 4.69) is 0 Å². The van der Waals surface area contributed by atoms with Gasteiger partial charge in [0.2, 0.25) is 0 Å². The van der Waals surface area contributed by atoms with Crippen LogP contribution in [0, 0.1) is 11.3 Å². The first-order valence-electron chi connectivity index (χ1n) is 4.49. The van der Waals surface area contributed by atoms with E-state index < -0.39 is 0 Å².